The summed E-state index contributed by atoms with van der Waals surface area (Å²) in [5.41, 5.74) is 20.8. The van der Waals surface area contributed by atoms with Gasteiger partial charge in [-0.2, -0.15) is 0 Å². The fourth-order valence-electron chi connectivity index (χ4n) is 12.6. The van der Waals surface area contributed by atoms with E-state index < -0.39 is 10.8 Å². The molecule has 2 atom stereocenters. The van der Waals surface area contributed by atoms with Gasteiger partial charge in [0.1, 0.15) is 0 Å². The van der Waals surface area contributed by atoms with Crippen LogP contribution in [0.1, 0.15) is 44.5 Å². The first-order valence-corrected chi connectivity index (χ1v) is 24.3. The van der Waals surface area contributed by atoms with Crippen molar-refractivity contribution in [1.82, 2.24) is 4.57 Å². The van der Waals surface area contributed by atoms with Crippen LogP contribution < -0.4 is 4.90 Å². The summed E-state index contributed by atoms with van der Waals surface area (Å²) in [5, 5.41) is 2.41. The van der Waals surface area contributed by atoms with E-state index >= 15 is 0 Å². The summed E-state index contributed by atoms with van der Waals surface area (Å²) >= 11 is 0. The summed E-state index contributed by atoms with van der Waals surface area (Å²) in [7, 11) is 0. The number of aromatic nitrogens is 1. The lowest BCUT2D eigenvalue weighted by Crippen LogP contribution is -2.44. The van der Waals surface area contributed by atoms with Crippen molar-refractivity contribution >= 4 is 38.9 Å². The van der Waals surface area contributed by atoms with E-state index in [2.05, 4.69) is 289 Å². The van der Waals surface area contributed by atoms with Gasteiger partial charge in [-0.05, 0) is 121 Å². The third-order valence-corrected chi connectivity index (χ3v) is 15.3. The Labute approximate surface area is 408 Å². The fraction of sp³-hybridized carbons (Fsp3) is 0.0294. The normalized spacial score (nSPS) is 16.4. The van der Waals surface area contributed by atoms with Crippen molar-refractivity contribution in [2.24, 2.45) is 0 Å². The highest BCUT2D eigenvalue weighted by Gasteiger charge is 2.58. The molecule has 2 aliphatic rings. The third-order valence-electron chi connectivity index (χ3n) is 15.3. The van der Waals surface area contributed by atoms with E-state index in [0.29, 0.717) is 0 Å². The second kappa shape index (κ2) is 15.8. The molecule has 2 aliphatic carbocycles. The topological polar surface area (TPSA) is 8.17 Å². The van der Waals surface area contributed by atoms with Gasteiger partial charge in [0.2, 0.25) is 0 Å². The van der Waals surface area contributed by atoms with Crippen LogP contribution in [-0.2, 0) is 10.8 Å². The van der Waals surface area contributed by atoms with Crippen molar-refractivity contribution in [1.29, 1.82) is 0 Å². The number of hydrogen-bond donors (Lipinski definition) is 0. The van der Waals surface area contributed by atoms with E-state index in [4.69, 9.17) is 0 Å². The Morgan fingerprint density at radius 1 is 0.300 bits per heavy atom. The molecule has 0 aliphatic heterocycles. The van der Waals surface area contributed by atoms with E-state index in [0.717, 1.165) is 28.3 Å². The van der Waals surface area contributed by atoms with Gasteiger partial charge in [0.25, 0.3) is 0 Å². The second-order valence-corrected chi connectivity index (χ2v) is 18.7. The Hall–Kier alpha value is -8.98. The molecule has 0 amide bonds. The molecule has 1 aromatic heterocycles. The first kappa shape index (κ1) is 40.1. The van der Waals surface area contributed by atoms with Crippen LogP contribution in [0.5, 0.6) is 0 Å². The predicted molar refractivity (Wildman–Crippen MR) is 290 cm³/mol. The lowest BCUT2D eigenvalue weighted by Gasteiger charge is -2.50. The zero-order chi connectivity index (χ0) is 46.2. The van der Waals surface area contributed by atoms with Crippen molar-refractivity contribution < 1.29 is 0 Å². The molecule has 0 bridgehead atoms. The summed E-state index contributed by atoms with van der Waals surface area (Å²) in [4.78, 5) is 2.50. The van der Waals surface area contributed by atoms with Gasteiger partial charge in [-0.1, -0.05) is 224 Å². The van der Waals surface area contributed by atoms with Gasteiger partial charge in [-0.3, -0.25) is 0 Å². The number of rotatable bonds is 8. The minimum absolute atomic E-state index is 0.534. The summed E-state index contributed by atoms with van der Waals surface area (Å²) in [6.07, 6.45) is 0. The molecule has 328 valence electrons. The maximum absolute atomic E-state index is 2.50. The van der Waals surface area contributed by atoms with E-state index in [1.165, 1.54) is 83.1 Å². The predicted octanol–water partition coefficient (Wildman–Crippen LogP) is 17.0. The van der Waals surface area contributed by atoms with Crippen LogP contribution in [0.3, 0.4) is 0 Å². The lowest BCUT2D eigenvalue weighted by molar-refractivity contribution is 0.627. The number of hydrogen-bond acceptors (Lipinski definition) is 1. The molecule has 1 heterocycles. The monoisotopic (exact) mass is 890 g/mol. The molecule has 0 saturated heterocycles. The van der Waals surface area contributed by atoms with Gasteiger partial charge >= 0.3 is 0 Å². The molecule has 70 heavy (non-hydrogen) atoms. The van der Waals surface area contributed by atoms with Gasteiger partial charge in [0.05, 0.1) is 27.6 Å². The van der Waals surface area contributed by atoms with Crippen molar-refractivity contribution in [2.45, 2.75) is 10.8 Å². The third kappa shape index (κ3) is 5.62. The highest BCUT2D eigenvalue weighted by molar-refractivity contribution is 6.11. The van der Waals surface area contributed by atoms with Crippen LogP contribution in [-0.4, -0.2) is 4.57 Å². The Morgan fingerprint density at radius 2 is 0.814 bits per heavy atom. The Kier molecular flexibility index (Phi) is 9.06. The maximum Gasteiger partial charge on any atom is 0.0728 e. The molecular weight excluding hydrogens is 845 g/mol. The number of benzene rings is 11. The Bertz CT molecular complexity index is 3930. The number of anilines is 3. The number of para-hydroxylation sites is 3. The number of nitrogens with zero attached hydrogens (tertiary/aromatic N) is 2. The summed E-state index contributed by atoms with van der Waals surface area (Å²) < 4.78 is 2.42. The smallest absolute Gasteiger partial charge is 0.0728 e. The molecule has 0 saturated carbocycles. The van der Waals surface area contributed by atoms with Crippen molar-refractivity contribution in [2.75, 3.05) is 4.90 Å². The molecule has 2 nitrogen and oxygen atoms in total. The first-order chi connectivity index (χ1) is 34.8. The zero-order valence-corrected chi connectivity index (χ0v) is 38.5. The van der Waals surface area contributed by atoms with E-state index in [-0.39, 0.29) is 0 Å². The highest BCUT2D eigenvalue weighted by Crippen LogP contribution is 2.66. The van der Waals surface area contributed by atoms with E-state index in [9.17, 15) is 0 Å². The van der Waals surface area contributed by atoms with Gasteiger partial charge < -0.3 is 9.47 Å². The quantitative estimate of drug-likeness (QED) is 0.148. The molecule has 0 N–H and O–H groups in total. The Balaban J connectivity index is 1.04. The maximum atomic E-state index is 2.50. The van der Waals surface area contributed by atoms with Crippen molar-refractivity contribution in [3.05, 3.63) is 324 Å². The second-order valence-electron chi connectivity index (χ2n) is 18.7. The van der Waals surface area contributed by atoms with Crippen LogP contribution in [0.2, 0.25) is 0 Å². The fourth-order valence-corrected chi connectivity index (χ4v) is 12.6. The molecule has 14 rings (SSSR count). The van der Waals surface area contributed by atoms with Crippen LogP contribution >= 0.6 is 0 Å². The molecule has 2 heteroatoms. The molecule has 0 radical (unpaired) electrons. The van der Waals surface area contributed by atoms with E-state index in [1.54, 1.807) is 0 Å². The first-order valence-electron chi connectivity index (χ1n) is 24.3. The van der Waals surface area contributed by atoms with Gasteiger partial charge in [-0.25, -0.2) is 0 Å². The van der Waals surface area contributed by atoms with Crippen LogP contribution in [0.25, 0.3) is 49.7 Å². The van der Waals surface area contributed by atoms with Crippen LogP contribution in [0.4, 0.5) is 17.1 Å². The van der Waals surface area contributed by atoms with Crippen LogP contribution in [0.15, 0.2) is 279 Å². The zero-order valence-electron chi connectivity index (χ0n) is 38.5. The average molecular weight is 891 g/mol. The van der Waals surface area contributed by atoms with E-state index in [1.807, 2.05) is 0 Å². The molecule has 11 aromatic carbocycles. The van der Waals surface area contributed by atoms with Crippen LogP contribution in [0, 0.1) is 0 Å². The number of fused-ring (bicyclic) bond motifs is 8. The standard InChI is InChI=1S/C68H46N2/c1-5-22-47(23-6-1)48-40-42-52(43-41-48)70-63-38-19-14-31-55(63)57-46-53(44-45-64(57)70)69(51-28-11-4-12-29-51)65-39-20-18-36-61(65)67(49-24-7-2-8-25-49)59-34-16-17-35-60(59)68(50-26-9-3-10-27-50)58-33-15-13-30-54(58)56-32-21-37-62(67)66(56)68/h1-46H. The SMILES string of the molecule is c1ccc(-c2ccc(-n3c4ccccc4c4cc(N(c5ccccc5)c5ccccc5C5(c6ccccc6)c6ccccc6C6(c7ccccc7)c7ccccc7-c7cccc5c76)ccc43)cc2)cc1. The molecule has 0 spiro atoms. The average Bonchev–Trinajstić information content (AvgIpc) is 3.94. The molecule has 12 aromatic rings. The minimum atomic E-state index is -0.737. The summed E-state index contributed by atoms with van der Waals surface area (Å²) in [6.45, 7) is 0. The van der Waals surface area contributed by atoms with Gasteiger partial charge in [0.15, 0.2) is 0 Å². The lowest BCUT2D eigenvalue weighted by atomic mass is 9.51. The van der Waals surface area contributed by atoms with Gasteiger partial charge in [0, 0.05) is 27.8 Å². The minimum Gasteiger partial charge on any atom is -0.310 e. The van der Waals surface area contributed by atoms with Gasteiger partial charge in [-0.15, -0.1) is 0 Å². The van der Waals surface area contributed by atoms with Crippen molar-refractivity contribution in [3.63, 3.8) is 0 Å². The highest BCUT2D eigenvalue weighted by atomic mass is 15.1. The Morgan fingerprint density at radius 3 is 1.54 bits per heavy atom. The summed E-state index contributed by atoms with van der Waals surface area (Å²) in [6, 6.07) is 104. The summed E-state index contributed by atoms with van der Waals surface area (Å²) in [5.74, 6) is 0. The molecule has 2 unspecified atom stereocenters. The van der Waals surface area contributed by atoms with Crippen molar-refractivity contribution in [3.8, 4) is 27.9 Å². The largest absolute Gasteiger partial charge is 0.310 e. The molecule has 0 fully saturated rings. The molecular formula is C68H46N2.